The number of nitrogens with one attached hydrogen (secondary N) is 1. The van der Waals surface area contributed by atoms with E-state index in [0.29, 0.717) is 30.4 Å². The van der Waals surface area contributed by atoms with Crippen molar-refractivity contribution < 1.29 is 23.5 Å². The summed E-state index contributed by atoms with van der Waals surface area (Å²) in [6.07, 6.45) is 4.15. The van der Waals surface area contributed by atoms with Crippen molar-refractivity contribution in [2.24, 2.45) is 0 Å². The Hall–Kier alpha value is -3.66. The Balaban J connectivity index is 1.46. The molecule has 11 heteroatoms. The molecule has 34 heavy (non-hydrogen) atoms. The second kappa shape index (κ2) is 9.68. The Morgan fingerprint density at radius 3 is 2.88 bits per heavy atom. The number of carbonyl (C=O) groups is 3. The fourth-order valence-corrected chi connectivity index (χ4v) is 4.31. The SMILES string of the molecule is COC(=O)c1cnc2c(ccn2CC(=O)N2CCC[C@H]2C(=O)NCc2cccc(Cl)c2F)c1N. The first-order chi connectivity index (χ1) is 16.3. The van der Waals surface area contributed by atoms with Gasteiger partial charge in [-0.25, -0.2) is 14.2 Å². The van der Waals surface area contributed by atoms with Crippen molar-refractivity contribution in [3.05, 3.63) is 58.6 Å². The summed E-state index contributed by atoms with van der Waals surface area (Å²) in [7, 11) is 1.25. The minimum atomic E-state index is -0.652. The molecule has 2 amide bonds. The van der Waals surface area contributed by atoms with E-state index in [-0.39, 0.29) is 46.7 Å². The van der Waals surface area contributed by atoms with Crippen LogP contribution < -0.4 is 11.1 Å². The van der Waals surface area contributed by atoms with Crippen LogP contribution in [0.3, 0.4) is 0 Å². The number of pyridine rings is 1. The summed E-state index contributed by atoms with van der Waals surface area (Å²) >= 11 is 5.79. The maximum atomic E-state index is 14.1. The zero-order chi connectivity index (χ0) is 24.4. The highest BCUT2D eigenvalue weighted by Gasteiger charge is 2.34. The monoisotopic (exact) mass is 487 g/mol. The Labute approximate surface area is 199 Å². The smallest absolute Gasteiger partial charge is 0.341 e. The lowest BCUT2D eigenvalue weighted by molar-refractivity contribution is -0.138. The first-order valence-electron chi connectivity index (χ1n) is 10.6. The quantitative estimate of drug-likeness (QED) is 0.515. The van der Waals surface area contributed by atoms with E-state index in [1.807, 2.05) is 0 Å². The van der Waals surface area contributed by atoms with Crippen molar-refractivity contribution in [2.75, 3.05) is 19.4 Å². The van der Waals surface area contributed by atoms with Gasteiger partial charge in [0.25, 0.3) is 0 Å². The number of anilines is 1. The zero-order valence-corrected chi connectivity index (χ0v) is 19.1. The van der Waals surface area contributed by atoms with Crippen molar-refractivity contribution in [2.45, 2.75) is 32.0 Å². The maximum absolute atomic E-state index is 14.1. The lowest BCUT2D eigenvalue weighted by Gasteiger charge is -2.24. The number of hydrogen-bond acceptors (Lipinski definition) is 6. The number of carbonyl (C=O) groups excluding carboxylic acids is 3. The van der Waals surface area contributed by atoms with Gasteiger partial charge in [0.2, 0.25) is 11.8 Å². The number of nitrogen functional groups attached to an aromatic ring is 1. The number of hydrogen-bond donors (Lipinski definition) is 2. The van der Waals surface area contributed by atoms with Crippen LogP contribution in [0.1, 0.15) is 28.8 Å². The number of methoxy groups -OCH3 is 1. The molecule has 0 unspecified atom stereocenters. The van der Waals surface area contributed by atoms with Gasteiger partial charge in [-0.3, -0.25) is 9.59 Å². The van der Waals surface area contributed by atoms with Crippen LogP contribution in [0.25, 0.3) is 11.0 Å². The van der Waals surface area contributed by atoms with Crippen molar-refractivity contribution in [3.8, 4) is 0 Å². The van der Waals surface area contributed by atoms with Gasteiger partial charge >= 0.3 is 5.97 Å². The van der Waals surface area contributed by atoms with Crippen molar-refractivity contribution >= 4 is 46.1 Å². The highest BCUT2D eigenvalue weighted by molar-refractivity contribution is 6.30. The fraction of sp³-hybridized carbons (Fsp3) is 0.304. The van der Waals surface area contributed by atoms with E-state index < -0.39 is 17.8 Å². The van der Waals surface area contributed by atoms with Gasteiger partial charge in [-0.1, -0.05) is 23.7 Å². The van der Waals surface area contributed by atoms with E-state index >= 15 is 0 Å². The third kappa shape index (κ3) is 4.41. The van der Waals surface area contributed by atoms with Crippen LogP contribution in [0, 0.1) is 5.82 Å². The van der Waals surface area contributed by atoms with Gasteiger partial charge in [0, 0.05) is 36.4 Å². The highest BCUT2D eigenvalue weighted by atomic mass is 35.5. The predicted molar refractivity (Wildman–Crippen MR) is 123 cm³/mol. The van der Waals surface area contributed by atoms with Gasteiger partial charge in [0.05, 0.1) is 17.8 Å². The molecule has 3 N–H and O–H groups in total. The number of rotatable bonds is 6. The molecule has 0 aliphatic carbocycles. The number of amides is 2. The minimum absolute atomic E-state index is 0.0173. The normalized spacial score (nSPS) is 15.5. The molecule has 2 aromatic heterocycles. The van der Waals surface area contributed by atoms with E-state index in [9.17, 15) is 18.8 Å². The maximum Gasteiger partial charge on any atom is 0.341 e. The van der Waals surface area contributed by atoms with E-state index in [4.69, 9.17) is 22.1 Å². The van der Waals surface area contributed by atoms with Crippen molar-refractivity contribution in [1.82, 2.24) is 19.8 Å². The molecule has 9 nitrogen and oxygen atoms in total. The summed E-state index contributed by atoms with van der Waals surface area (Å²) in [4.78, 5) is 43.5. The average molecular weight is 488 g/mol. The molecule has 3 heterocycles. The molecule has 0 bridgehead atoms. The first kappa shape index (κ1) is 23.5. The molecule has 1 atom stereocenters. The third-order valence-electron chi connectivity index (χ3n) is 5.90. The van der Waals surface area contributed by atoms with Gasteiger partial charge in [-0.2, -0.15) is 0 Å². The number of likely N-dealkylation sites (tertiary alicyclic amines) is 1. The van der Waals surface area contributed by atoms with Gasteiger partial charge in [0.15, 0.2) is 0 Å². The summed E-state index contributed by atoms with van der Waals surface area (Å²) in [5, 5.41) is 3.21. The third-order valence-corrected chi connectivity index (χ3v) is 6.19. The van der Waals surface area contributed by atoms with Gasteiger partial charge in [0.1, 0.15) is 29.6 Å². The molecule has 1 saturated heterocycles. The molecule has 0 saturated carbocycles. The molecular formula is C23H23ClFN5O4. The van der Waals surface area contributed by atoms with E-state index in [1.54, 1.807) is 29.0 Å². The number of ether oxygens (including phenoxy) is 1. The summed E-state index contributed by atoms with van der Waals surface area (Å²) in [5.41, 5.74) is 7.16. The molecule has 0 radical (unpaired) electrons. The van der Waals surface area contributed by atoms with Gasteiger partial charge < -0.3 is 25.3 Å². The van der Waals surface area contributed by atoms with Crippen LogP contribution >= 0.6 is 11.6 Å². The summed E-state index contributed by atoms with van der Waals surface area (Å²) in [5.74, 6) is -1.79. The zero-order valence-electron chi connectivity index (χ0n) is 18.4. The van der Waals surface area contributed by atoms with Crippen LogP contribution in [-0.2, 0) is 27.4 Å². The molecule has 3 aromatic rings. The predicted octanol–water partition coefficient (Wildman–Crippen LogP) is 2.50. The number of esters is 1. The molecule has 1 aromatic carbocycles. The second-order valence-electron chi connectivity index (χ2n) is 7.93. The second-order valence-corrected chi connectivity index (χ2v) is 8.34. The van der Waals surface area contributed by atoms with Crippen LogP contribution in [0.15, 0.2) is 36.7 Å². The number of benzene rings is 1. The summed E-state index contributed by atoms with van der Waals surface area (Å²) in [6, 6.07) is 5.60. The molecule has 178 valence electrons. The van der Waals surface area contributed by atoms with Gasteiger partial charge in [-0.15, -0.1) is 0 Å². The fourth-order valence-electron chi connectivity index (χ4n) is 4.12. The number of fused-ring (bicyclic) bond motifs is 1. The lowest BCUT2D eigenvalue weighted by atomic mass is 10.1. The van der Waals surface area contributed by atoms with Crippen molar-refractivity contribution in [3.63, 3.8) is 0 Å². The Bertz CT molecular complexity index is 1280. The van der Waals surface area contributed by atoms with E-state index in [1.165, 1.54) is 24.3 Å². The van der Waals surface area contributed by atoms with Crippen LogP contribution in [0.5, 0.6) is 0 Å². The Morgan fingerprint density at radius 2 is 2.12 bits per heavy atom. The Morgan fingerprint density at radius 1 is 1.32 bits per heavy atom. The standard InChI is InChI=1S/C23H23ClFN5O4/c1-34-23(33)15-11-27-21-14(20(15)26)7-9-29(21)12-18(31)30-8-3-6-17(30)22(32)28-10-13-4-2-5-16(24)19(13)25/h2,4-5,7,9,11,17H,3,6,8,10,12H2,1H3,(H2,26,27)(H,28,32)/t17-/m0/s1. The van der Waals surface area contributed by atoms with Gasteiger partial charge in [-0.05, 0) is 25.0 Å². The van der Waals surface area contributed by atoms with Crippen LogP contribution in [0.4, 0.5) is 10.1 Å². The largest absolute Gasteiger partial charge is 0.465 e. The van der Waals surface area contributed by atoms with E-state index in [0.717, 1.165) is 0 Å². The minimum Gasteiger partial charge on any atom is -0.465 e. The van der Waals surface area contributed by atoms with Crippen LogP contribution in [-0.4, -0.2) is 51.9 Å². The number of nitrogens with two attached hydrogens (primary N) is 1. The van der Waals surface area contributed by atoms with Crippen molar-refractivity contribution in [1.29, 1.82) is 0 Å². The molecular weight excluding hydrogens is 465 g/mol. The van der Waals surface area contributed by atoms with E-state index in [2.05, 4.69) is 10.3 Å². The number of aromatic nitrogens is 2. The average Bonchev–Trinajstić information content (AvgIpc) is 3.48. The molecule has 4 rings (SSSR count). The van der Waals surface area contributed by atoms with Crippen LogP contribution in [0.2, 0.25) is 5.02 Å². The summed E-state index contributed by atoms with van der Waals surface area (Å²) in [6.45, 7) is 0.349. The lowest BCUT2D eigenvalue weighted by Crippen LogP contribution is -2.46. The molecule has 1 aliphatic heterocycles. The first-order valence-corrected chi connectivity index (χ1v) is 11.0. The molecule has 1 aliphatic rings. The topological polar surface area (TPSA) is 120 Å². The highest BCUT2D eigenvalue weighted by Crippen LogP contribution is 2.25. The number of nitrogens with zero attached hydrogens (tertiary/aromatic N) is 3. The number of halogens is 2. The molecule has 1 fully saturated rings. The Kier molecular flexibility index (Phi) is 6.69. The molecule has 0 spiro atoms. The summed E-state index contributed by atoms with van der Waals surface area (Å²) < 4.78 is 20.4.